The monoisotopic (exact) mass is 428 g/mol. The van der Waals surface area contributed by atoms with E-state index in [2.05, 4.69) is 10.0 Å². The molecule has 0 radical (unpaired) electrons. The predicted molar refractivity (Wildman–Crippen MR) is 117 cm³/mol. The third kappa shape index (κ3) is 6.24. The molecule has 2 aromatic rings. The van der Waals surface area contributed by atoms with Crippen LogP contribution in [0.4, 0.5) is 5.69 Å². The van der Waals surface area contributed by atoms with Crippen LogP contribution in [0.3, 0.4) is 0 Å². The molecule has 0 heterocycles. The van der Waals surface area contributed by atoms with E-state index in [4.69, 9.17) is 0 Å². The summed E-state index contributed by atoms with van der Waals surface area (Å²) in [7, 11) is -3.57. The third-order valence-electron chi connectivity index (χ3n) is 5.33. The van der Waals surface area contributed by atoms with Crippen LogP contribution in [-0.4, -0.2) is 26.2 Å². The molecule has 1 aliphatic rings. The van der Waals surface area contributed by atoms with Gasteiger partial charge in [-0.1, -0.05) is 49.1 Å². The van der Waals surface area contributed by atoms with E-state index in [1.165, 1.54) is 12.1 Å². The average molecular weight is 429 g/mol. The lowest BCUT2D eigenvalue weighted by Gasteiger charge is -2.22. The van der Waals surface area contributed by atoms with Crippen LogP contribution in [-0.2, 0) is 14.8 Å². The summed E-state index contributed by atoms with van der Waals surface area (Å²) in [4.78, 5) is 24.5. The summed E-state index contributed by atoms with van der Waals surface area (Å²) in [5.41, 5.74) is 2.16. The highest BCUT2D eigenvalue weighted by molar-refractivity contribution is 7.89. The molecule has 3 rings (SSSR count). The van der Waals surface area contributed by atoms with Crippen LogP contribution in [0.2, 0.25) is 0 Å². The third-order valence-corrected chi connectivity index (χ3v) is 6.86. The van der Waals surface area contributed by atoms with Gasteiger partial charge in [-0.05, 0) is 44.0 Å². The van der Waals surface area contributed by atoms with Crippen molar-refractivity contribution in [2.75, 3.05) is 5.32 Å². The van der Waals surface area contributed by atoms with Crippen LogP contribution in [0.25, 0.3) is 0 Å². The van der Waals surface area contributed by atoms with Crippen LogP contribution in [0, 0.1) is 6.92 Å². The number of sulfonamides is 1. The van der Waals surface area contributed by atoms with Crippen molar-refractivity contribution in [2.45, 2.75) is 62.8 Å². The second-order valence-electron chi connectivity index (χ2n) is 7.82. The molecule has 160 valence electrons. The van der Waals surface area contributed by atoms with E-state index in [-0.39, 0.29) is 35.5 Å². The van der Waals surface area contributed by atoms with E-state index in [0.29, 0.717) is 11.3 Å². The Bertz CT molecular complexity index is 977. The van der Waals surface area contributed by atoms with Crippen molar-refractivity contribution in [3.8, 4) is 0 Å². The van der Waals surface area contributed by atoms with Crippen LogP contribution < -0.4 is 10.0 Å². The van der Waals surface area contributed by atoms with Gasteiger partial charge in [0.2, 0.25) is 15.9 Å². The van der Waals surface area contributed by atoms with Gasteiger partial charge in [0.25, 0.3) is 0 Å². The van der Waals surface area contributed by atoms with E-state index in [1.54, 1.807) is 24.3 Å². The summed E-state index contributed by atoms with van der Waals surface area (Å²) in [6.45, 7) is 1.95. The molecule has 0 atom stereocenters. The molecule has 0 spiro atoms. The molecule has 6 nitrogen and oxygen atoms in total. The predicted octanol–water partition coefficient (Wildman–Crippen LogP) is 4.21. The van der Waals surface area contributed by atoms with Gasteiger partial charge >= 0.3 is 0 Å². The van der Waals surface area contributed by atoms with Crippen molar-refractivity contribution in [1.29, 1.82) is 0 Å². The second kappa shape index (κ2) is 10.00. The summed E-state index contributed by atoms with van der Waals surface area (Å²) in [5.74, 6) is -0.369. The molecule has 0 bridgehead atoms. The normalized spacial score (nSPS) is 15.0. The first kappa shape index (κ1) is 22.2. The molecule has 0 unspecified atom stereocenters. The van der Waals surface area contributed by atoms with Crippen molar-refractivity contribution < 1.29 is 18.0 Å². The maximum absolute atomic E-state index is 12.5. The number of Topliss-reactive ketones (excluding diaryl/α,β-unsaturated/α-hetero) is 1. The van der Waals surface area contributed by atoms with Crippen molar-refractivity contribution in [3.63, 3.8) is 0 Å². The number of amides is 1. The Morgan fingerprint density at radius 1 is 0.900 bits per heavy atom. The number of rotatable bonds is 8. The minimum absolute atomic E-state index is 0.00537. The van der Waals surface area contributed by atoms with Gasteiger partial charge in [0.15, 0.2) is 5.78 Å². The maximum atomic E-state index is 12.5. The number of aryl methyl sites for hydroxylation is 1. The highest BCUT2D eigenvalue weighted by atomic mass is 32.2. The molecule has 0 aliphatic heterocycles. The largest absolute Gasteiger partial charge is 0.326 e. The topological polar surface area (TPSA) is 92.3 Å². The number of anilines is 1. The molecule has 2 aromatic carbocycles. The van der Waals surface area contributed by atoms with Gasteiger partial charge in [-0.3, -0.25) is 9.59 Å². The second-order valence-corrected chi connectivity index (χ2v) is 9.53. The lowest BCUT2D eigenvalue weighted by molar-refractivity contribution is -0.116. The maximum Gasteiger partial charge on any atom is 0.240 e. The van der Waals surface area contributed by atoms with Crippen molar-refractivity contribution in [1.82, 2.24) is 4.72 Å². The number of hydrogen-bond acceptors (Lipinski definition) is 4. The Balaban J connectivity index is 1.51. The minimum Gasteiger partial charge on any atom is -0.326 e. The number of benzene rings is 2. The standard InChI is InChI=1S/C23H28N2O4S/c1-17-7-9-18(10-8-17)22(26)15-16-23(27)24-19-11-13-21(14-12-19)30(28,29)25-20-5-3-2-4-6-20/h7-14,20,25H,2-6,15-16H2,1H3,(H,24,27). The van der Waals surface area contributed by atoms with E-state index in [1.807, 2.05) is 19.1 Å². The van der Waals surface area contributed by atoms with Gasteiger partial charge in [-0.2, -0.15) is 0 Å². The van der Waals surface area contributed by atoms with E-state index in [0.717, 1.165) is 37.7 Å². The molecule has 30 heavy (non-hydrogen) atoms. The molecular weight excluding hydrogens is 400 g/mol. The highest BCUT2D eigenvalue weighted by Gasteiger charge is 2.21. The van der Waals surface area contributed by atoms with Gasteiger partial charge < -0.3 is 5.32 Å². The van der Waals surface area contributed by atoms with Crippen LogP contribution in [0.1, 0.15) is 60.9 Å². The molecule has 7 heteroatoms. The smallest absolute Gasteiger partial charge is 0.240 e. The number of carbonyl (C=O) groups is 2. The zero-order chi connectivity index (χ0) is 21.6. The summed E-state index contributed by atoms with van der Waals surface area (Å²) >= 11 is 0. The van der Waals surface area contributed by atoms with E-state index >= 15 is 0 Å². The van der Waals surface area contributed by atoms with E-state index in [9.17, 15) is 18.0 Å². The van der Waals surface area contributed by atoms with Gasteiger partial charge in [0.1, 0.15) is 0 Å². The molecular formula is C23H28N2O4S. The lowest BCUT2D eigenvalue weighted by atomic mass is 9.96. The van der Waals surface area contributed by atoms with Crippen molar-refractivity contribution >= 4 is 27.4 Å². The van der Waals surface area contributed by atoms with Crippen molar-refractivity contribution in [3.05, 3.63) is 59.7 Å². The zero-order valence-electron chi connectivity index (χ0n) is 17.2. The van der Waals surface area contributed by atoms with Gasteiger partial charge in [0, 0.05) is 30.1 Å². The Labute approximate surface area is 178 Å². The van der Waals surface area contributed by atoms with Gasteiger partial charge in [-0.15, -0.1) is 0 Å². The van der Waals surface area contributed by atoms with Gasteiger partial charge in [-0.25, -0.2) is 13.1 Å². The Kier molecular flexibility index (Phi) is 7.39. The van der Waals surface area contributed by atoms with Crippen LogP contribution in [0.5, 0.6) is 0 Å². The van der Waals surface area contributed by atoms with E-state index < -0.39 is 10.0 Å². The quantitative estimate of drug-likeness (QED) is 0.616. The summed E-state index contributed by atoms with van der Waals surface area (Å²) < 4.78 is 27.8. The number of carbonyl (C=O) groups excluding carboxylic acids is 2. The minimum atomic E-state index is -3.57. The summed E-state index contributed by atoms with van der Waals surface area (Å²) in [5, 5.41) is 2.71. The molecule has 1 fully saturated rings. The first-order chi connectivity index (χ1) is 14.3. The highest BCUT2D eigenvalue weighted by Crippen LogP contribution is 2.21. The summed E-state index contributed by atoms with van der Waals surface area (Å²) in [6, 6.07) is 13.3. The number of hydrogen-bond donors (Lipinski definition) is 2. The molecule has 0 saturated heterocycles. The van der Waals surface area contributed by atoms with Gasteiger partial charge in [0.05, 0.1) is 4.90 Å². The van der Waals surface area contributed by atoms with Crippen molar-refractivity contribution in [2.24, 2.45) is 0 Å². The zero-order valence-corrected chi connectivity index (χ0v) is 18.0. The fourth-order valence-electron chi connectivity index (χ4n) is 3.56. The fourth-order valence-corrected chi connectivity index (χ4v) is 4.86. The number of ketones is 1. The van der Waals surface area contributed by atoms with Crippen LogP contribution >= 0.6 is 0 Å². The summed E-state index contributed by atoms with van der Waals surface area (Å²) in [6.07, 6.45) is 5.17. The number of nitrogens with one attached hydrogen (secondary N) is 2. The molecule has 2 N–H and O–H groups in total. The molecule has 0 aromatic heterocycles. The first-order valence-corrected chi connectivity index (χ1v) is 11.8. The first-order valence-electron chi connectivity index (χ1n) is 10.4. The van der Waals surface area contributed by atoms with Crippen LogP contribution in [0.15, 0.2) is 53.4 Å². The fraction of sp³-hybridized carbons (Fsp3) is 0.391. The lowest BCUT2D eigenvalue weighted by Crippen LogP contribution is -2.36. The Hall–Kier alpha value is -2.51. The molecule has 1 amide bonds. The Morgan fingerprint density at radius 3 is 2.17 bits per heavy atom. The average Bonchev–Trinajstić information content (AvgIpc) is 2.73. The Morgan fingerprint density at radius 2 is 1.53 bits per heavy atom. The SMILES string of the molecule is Cc1ccc(C(=O)CCC(=O)Nc2ccc(S(=O)(=O)NC3CCCCC3)cc2)cc1. The molecule has 1 aliphatic carbocycles. The molecule has 1 saturated carbocycles.